The number of hydrogen-bond donors (Lipinski definition) is 1. The Balaban J connectivity index is 1.76. The van der Waals surface area contributed by atoms with Crippen LogP contribution in [0.3, 0.4) is 0 Å². The normalized spacial score (nSPS) is 28.0. The molecule has 0 spiro atoms. The largest absolute Gasteiger partial charge is 0.324 e. The van der Waals surface area contributed by atoms with Gasteiger partial charge in [-0.25, -0.2) is 0 Å². The van der Waals surface area contributed by atoms with E-state index in [1.807, 2.05) is 0 Å². The van der Waals surface area contributed by atoms with Crippen LogP contribution >= 0.6 is 0 Å². The highest BCUT2D eigenvalue weighted by Crippen LogP contribution is 2.30. The molecule has 2 rings (SSSR count). The summed E-state index contributed by atoms with van der Waals surface area (Å²) in [4.78, 5) is 2.49. The minimum Gasteiger partial charge on any atom is -0.324 e. The monoisotopic (exact) mass is 192 g/mol. The average Bonchev–Trinajstić information content (AvgIpc) is 2.17. The fourth-order valence-electron chi connectivity index (χ4n) is 2.49. The summed E-state index contributed by atoms with van der Waals surface area (Å²) in [6.07, 6.45) is 11.5. The van der Waals surface area contributed by atoms with Gasteiger partial charge in [0, 0.05) is 18.0 Å². The van der Waals surface area contributed by atoms with Crippen LogP contribution in [-0.2, 0) is 0 Å². The van der Waals surface area contributed by atoms with Crippen LogP contribution in [0.5, 0.6) is 0 Å². The third-order valence-electron chi connectivity index (χ3n) is 3.71. The van der Waals surface area contributed by atoms with E-state index in [2.05, 4.69) is 10.8 Å². The zero-order valence-electron chi connectivity index (χ0n) is 8.84. The van der Waals surface area contributed by atoms with Gasteiger partial charge in [0.25, 0.3) is 0 Å². The van der Waals surface area contributed by atoms with Gasteiger partial charge in [-0.2, -0.15) is 0 Å². The highest BCUT2D eigenvalue weighted by molar-refractivity contribution is 4.99. The summed E-state index contributed by atoms with van der Waals surface area (Å²) >= 11 is 0. The molecule has 0 aromatic heterocycles. The Kier molecular flexibility index (Phi) is 2.80. The lowest BCUT2D eigenvalue weighted by Crippen LogP contribution is -2.56. The maximum absolute atomic E-state index is 6.22. The lowest BCUT2D eigenvalue weighted by Gasteiger charge is -2.43. The second-order valence-electron chi connectivity index (χ2n) is 4.93. The second-order valence-corrected chi connectivity index (χ2v) is 4.93. The first-order valence-electron chi connectivity index (χ1n) is 5.69. The Morgan fingerprint density at radius 2 is 2.00 bits per heavy atom. The first-order chi connectivity index (χ1) is 6.72. The summed E-state index contributed by atoms with van der Waals surface area (Å²) in [5.74, 6) is 3.37. The van der Waals surface area contributed by atoms with Crippen LogP contribution in [0.2, 0.25) is 0 Å². The number of piperidine rings is 1. The number of terminal acetylenes is 1. The zero-order chi connectivity index (χ0) is 10.0. The fourth-order valence-corrected chi connectivity index (χ4v) is 2.49. The lowest BCUT2D eigenvalue weighted by atomic mass is 9.77. The molecule has 2 heteroatoms. The average molecular weight is 192 g/mol. The minimum absolute atomic E-state index is 0.142. The van der Waals surface area contributed by atoms with Crippen molar-refractivity contribution in [3.05, 3.63) is 0 Å². The van der Waals surface area contributed by atoms with Gasteiger partial charge < -0.3 is 10.6 Å². The summed E-state index contributed by atoms with van der Waals surface area (Å²) < 4.78 is 0. The Labute approximate surface area is 86.8 Å². The van der Waals surface area contributed by atoms with Crippen molar-refractivity contribution in [1.82, 2.24) is 4.90 Å². The molecule has 2 nitrogen and oxygen atoms in total. The standard InChI is InChI=1S/C12H20N2/c1-2-11-4-8-14(9-5-11)10-12(13)6-3-7-12/h1,11H,3-10,13H2. The summed E-state index contributed by atoms with van der Waals surface area (Å²) in [6, 6.07) is 0. The molecule has 78 valence electrons. The molecule has 0 aromatic rings. The van der Waals surface area contributed by atoms with Crippen LogP contribution < -0.4 is 5.73 Å². The van der Waals surface area contributed by atoms with Crippen LogP contribution in [-0.4, -0.2) is 30.1 Å². The van der Waals surface area contributed by atoms with Gasteiger partial charge >= 0.3 is 0 Å². The number of hydrogen-bond acceptors (Lipinski definition) is 2. The molecule has 1 aliphatic carbocycles. The molecule has 14 heavy (non-hydrogen) atoms. The van der Waals surface area contributed by atoms with E-state index in [1.54, 1.807) is 0 Å². The number of likely N-dealkylation sites (tertiary alicyclic amines) is 1. The van der Waals surface area contributed by atoms with Crippen molar-refractivity contribution >= 4 is 0 Å². The van der Waals surface area contributed by atoms with Gasteiger partial charge in [0.1, 0.15) is 0 Å². The van der Waals surface area contributed by atoms with Crippen molar-refractivity contribution in [1.29, 1.82) is 0 Å². The smallest absolute Gasteiger partial charge is 0.0283 e. The number of rotatable bonds is 2. The molecular formula is C12H20N2. The highest BCUT2D eigenvalue weighted by Gasteiger charge is 2.34. The van der Waals surface area contributed by atoms with Crippen LogP contribution in [0.15, 0.2) is 0 Å². The molecule has 0 radical (unpaired) electrons. The first kappa shape index (κ1) is 10.0. The Hall–Kier alpha value is -0.520. The highest BCUT2D eigenvalue weighted by atomic mass is 15.2. The van der Waals surface area contributed by atoms with E-state index < -0.39 is 0 Å². The first-order valence-corrected chi connectivity index (χ1v) is 5.69. The zero-order valence-corrected chi connectivity index (χ0v) is 8.84. The van der Waals surface area contributed by atoms with Crippen LogP contribution in [0.25, 0.3) is 0 Å². The fraction of sp³-hybridized carbons (Fsp3) is 0.833. The third kappa shape index (κ3) is 2.10. The van der Waals surface area contributed by atoms with Gasteiger partial charge in [0.05, 0.1) is 0 Å². The van der Waals surface area contributed by atoms with Crippen molar-refractivity contribution in [3.63, 3.8) is 0 Å². The van der Waals surface area contributed by atoms with Gasteiger partial charge in [0.2, 0.25) is 0 Å². The predicted molar refractivity (Wildman–Crippen MR) is 58.8 cm³/mol. The third-order valence-corrected chi connectivity index (χ3v) is 3.71. The second kappa shape index (κ2) is 3.92. The molecule has 1 saturated heterocycles. The van der Waals surface area contributed by atoms with Gasteiger partial charge in [-0.05, 0) is 45.2 Å². The molecule has 2 N–H and O–H groups in total. The van der Waals surface area contributed by atoms with Gasteiger partial charge in [-0.3, -0.25) is 0 Å². The lowest BCUT2D eigenvalue weighted by molar-refractivity contribution is 0.119. The summed E-state index contributed by atoms with van der Waals surface area (Å²) in [5.41, 5.74) is 6.36. The summed E-state index contributed by atoms with van der Waals surface area (Å²) in [7, 11) is 0. The van der Waals surface area contributed by atoms with Gasteiger partial charge in [0.15, 0.2) is 0 Å². The molecule has 0 atom stereocenters. The quantitative estimate of drug-likeness (QED) is 0.666. The van der Waals surface area contributed by atoms with Gasteiger partial charge in [-0.1, -0.05) is 0 Å². The van der Waals surface area contributed by atoms with Crippen LogP contribution in [0.4, 0.5) is 0 Å². The molecule has 0 bridgehead atoms. The Morgan fingerprint density at radius 1 is 1.36 bits per heavy atom. The molecule has 1 saturated carbocycles. The van der Waals surface area contributed by atoms with Crippen molar-refractivity contribution < 1.29 is 0 Å². The topological polar surface area (TPSA) is 29.3 Å². The predicted octanol–water partition coefficient (Wildman–Crippen LogP) is 1.21. The molecule has 0 amide bonds. The summed E-state index contributed by atoms with van der Waals surface area (Å²) in [5, 5.41) is 0. The van der Waals surface area contributed by atoms with Crippen LogP contribution in [0, 0.1) is 18.3 Å². The number of nitrogens with two attached hydrogens (primary N) is 1. The van der Waals surface area contributed by atoms with Crippen molar-refractivity contribution in [2.24, 2.45) is 11.7 Å². The molecule has 2 aliphatic rings. The minimum atomic E-state index is 0.142. The van der Waals surface area contributed by atoms with E-state index in [0.29, 0.717) is 5.92 Å². The number of nitrogens with zero attached hydrogens (tertiary/aromatic N) is 1. The van der Waals surface area contributed by atoms with Crippen molar-refractivity contribution in [2.45, 2.75) is 37.6 Å². The molecule has 0 aromatic carbocycles. The van der Waals surface area contributed by atoms with E-state index >= 15 is 0 Å². The molecule has 0 unspecified atom stereocenters. The van der Waals surface area contributed by atoms with Crippen molar-refractivity contribution in [3.8, 4) is 12.3 Å². The van der Waals surface area contributed by atoms with E-state index in [1.165, 1.54) is 19.3 Å². The van der Waals surface area contributed by atoms with Gasteiger partial charge in [-0.15, -0.1) is 12.3 Å². The molecule has 2 fully saturated rings. The van der Waals surface area contributed by atoms with E-state index in [-0.39, 0.29) is 5.54 Å². The van der Waals surface area contributed by atoms with E-state index in [4.69, 9.17) is 12.2 Å². The van der Waals surface area contributed by atoms with Crippen molar-refractivity contribution in [2.75, 3.05) is 19.6 Å². The Morgan fingerprint density at radius 3 is 2.43 bits per heavy atom. The maximum Gasteiger partial charge on any atom is 0.0283 e. The molecule has 1 heterocycles. The maximum atomic E-state index is 6.22. The SMILES string of the molecule is C#CC1CCN(CC2(N)CCC2)CC1. The molecule has 1 aliphatic heterocycles. The van der Waals surface area contributed by atoms with Crippen LogP contribution in [0.1, 0.15) is 32.1 Å². The Bertz CT molecular complexity index is 229. The summed E-state index contributed by atoms with van der Waals surface area (Å²) in [6.45, 7) is 3.38. The van der Waals surface area contributed by atoms with E-state index in [0.717, 1.165) is 32.5 Å². The molecular weight excluding hydrogens is 172 g/mol. The van der Waals surface area contributed by atoms with E-state index in [9.17, 15) is 0 Å².